The van der Waals surface area contributed by atoms with Crippen LogP contribution in [-0.2, 0) is 17.7 Å². The van der Waals surface area contributed by atoms with Crippen molar-refractivity contribution in [1.29, 1.82) is 0 Å². The standard InChI is InChI=1S/C36H41N5O3/c1-36(44-35(37)43)20-12-11-19-31(36)41-26-38-32(33(41)29-17-9-4-10-18-29)34(42)40-22-21-39(24-28-15-7-3-8-16-28)25-30(40)23-27-13-5-2-6-14-27/h2-10,13-18,26,30-31H,11-12,19-25H2,1H3,(H2,37,43)/t30-,31+,36+/m1/s1. The van der Waals surface area contributed by atoms with Gasteiger partial charge in [0.05, 0.1) is 18.1 Å². The van der Waals surface area contributed by atoms with Gasteiger partial charge in [-0.3, -0.25) is 9.69 Å². The first-order valence-corrected chi connectivity index (χ1v) is 15.6. The number of aromatic nitrogens is 2. The summed E-state index contributed by atoms with van der Waals surface area (Å²) in [7, 11) is 0. The lowest BCUT2D eigenvalue weighted by atomic mass is 9.81. The summed E-state index contributed by atoms with van der Waals surface area (Å²) < 4.78 is 7.81. The van der Waals surface area contributed by atoms with Gasteiger partial charge in [0.25, 0.3) is 5.91 Å². The van der Waals surface area contributed by atoms with E-state index in [-0.39, 0.29) is 18.0 Å². The summed E-state index contributed by atoms with van der Waals surface area (Å²) in [6.07, 6.45) is 5.14. The van der Waals surface area contributed by atoms with Gasteiger partial charge in [0.1, 0.15) is 5.60 Å². The van der Waals surface area contributed by atoms with Crippen LogP contribution in [-0.4, -0.2) is 62.6 Å². The van der Waals surface area contributed by atoms with Crippen LogP contribution in [0.25, 0.3) is 11.3 Å². The molecule has 44 heavy (non-hydrogen) atoms. The Bertz CT molecular complexity index is 1560. The number of nitrogens with zero attached hydrogens (tertiary/aromatic N) is 4. The topological polar surface area (TPSA) is 93.7 Å². The normalized spacial score (nSPS) is 22.4. The molecule has 2 heterocycles. The fraction of sp³-hybridized carbons (Fsp3) is 0.361. The van der Waals surface area contributed by atoms with Crippen LogP contribution in [0, 0.1) is 0 Å². The Kier molecular flexibility index (Phi) is 8.79. The number of nitrogens with two attached hydrogens (primary N) is 1. The van der Waals surface area contributed by atoms with E-state index in [9.17, 15) is 9.59 Å². The van der Waals surface area contributed by atoms with Crippen LogP contribution in [0.15, 0.2) is 97.3 Å². The smallest absolute Gasteiger partial charge is 0.405 e. The highest BCUT2D eigenvalue weighted by Crippen LogP contribution is 2.43. The number of hydrogen-bond donors (Lipinski definition) is 1. The number of ether oxygens (including phenoxy) is 1. The second-order valence-corrected chi connectivity index (χ2v) is 12.3. The summed E-state index contributed by atoms with van der Waals surface area (Å²) in [6.45, 7) is 4.94. The number of amides is 2. The van der Waals surface area contributed by atoms with Crippen molar-refractivity contribution in [3.8, 4) is 11.3 Å². The van der Waals surface area contributed by atoms with Gasteiger partial charge in [-0.2, -0.15) is 0 Å². The van der Waals surface area contributed by atoms with Crippen LogP contribution in [0.2, 0.25) is 0 Å². The van der Waals surface area contributed by atoms with Gasteiger partial charge < -0.3 is 19.9 Å². The lowest BCUT2D eigenvalue weighted by Crippen LogP contribution is -2.55. The largest absolute Gasteiger partial charge is 0.441 e. The number of hydrogen-bond acceptors (Lipinski definition) is 5. The summed E-state index contributed by atoms with van der Waals surface area (Å²) in [5, 5.41) is 0. The Morgan fingerprint density at radius 3 is 2.25 bits per heavy atom. The van der Waals surface area contributed by atoms with Crippen LogP contribution >= 0.6 is 0 Å². The highest BCUT2D eigenvalue weighted by molar-refractivity contribution is 5.98. The lowest BCUT2D eigenvalue weighted by molar-refractivity contribution is -0.0354. The highest BCUT2D eigenvalue weighted by atomic mass is 16.6. The van der Waals surface area contributed by atoms with Crippen LogP contribution < -0.4 is 5.73 Å². The minimum Gasteiger partial charge on any atom is -0.441 e. The molecule has 2 N–H and O–H groups in total. The van der Waals surface area contributed by atoms with Gasteiger partial charge in [0, 0.05) is 37.8 Å². The van der Waals surface area contributed by atoms with Crippen molar-refractivity contribution < 1.29 is 14.3 Å². The summed E-state index contributed by atoms with van der Waals surface area (Å²) in [5.41, 5.74) is 9.30. The van der Waals surface area contributed by atoms with Gasteiger partial charge in [-0.05, 0) is 43.7 Å². The average Bonchev–Trinajstić information content (AvgIpc) is 3.47. The van der Waals surface area contributed by atoms with E-state index in [0.29, 0.717) is 18.7 Å². The third-order valence-electron chi connectivity index (χ3n) is 9.21. The number of carbonyl (C=O) groups is 2. The van der Waals surface area contributed by atoms with Crippen molar-refractivity contribution in [2.75, 3.05) is 19.6 Å². The molecule has 1 aliphatic carbocycles. The lowest BCUT2D eigenvalue weighted by Gasteiger charge is -2.42. The zero-order valence-electron chi connectivity index (χ0n) is 25.3. The average molecular weight is 592 g/mol. The van der Waals surface area contributed by atoms with E-state index < -0.39 is 11.7 Å². The molecule has 228 valence electrons. The Labute approximate surface area is 259 Å². The Balaban J connectivity index is 1.35. The number of primary amides is 1. The van der Waals surface area contributed by atoms with Crippen LogP contribution in [0.3, 0.4) is 0 Å². The van der Waals surface area contributed by atoms with Gasteiger partial charge >= 0.3 is 6.09 Å². The van der Waals surface area contributed by atoms with Gasteiger partial charge in [-0.15, -0.1) is 0 Å². The van der Waals surface area contributed by atoms with Gasteiger partial charge in [-0.25, -0.2) is 9.78 Å². The first kappa shape index (κ1) is 29.6. The Morgan fingerprint density at radius 1 is 0.909 bits per heavy atom. The zero-order valence-corrected chi connectivity index (χ0v) is 25.3. The molecule has 4 aromatic rings. The van der Waals surface area contributed by atoms with Crippen molar-refractivity contribution >= 4 is 12.0 Å². The van der Waals surface area contributed by atoms with Crippen molar-refractivity contribution in [2.24, 2.45) is 5.73 Å². The molecule has 2 fully saturated rings. The van der Waals surface area contributed by atoms with Crippen molar-refractivity contribution in [3.05, 3.63) is 114 Å². The number of imidazole rings is 1. The van der Waals surface area contributed by atoms with Crippen molar-refractivity contribution in [2.45, 2.75) is 63.3 Å². The molecule has 0 unspecified atom stereocenters. The first-order valence-electron chi connectivity index (χ1n) is 15.6. The molecule has 1 aromatic heterocycles. The Morgan fingerprint density at radius 2 is 1.57 bits per heavy atom. The third kappa shape index (κ3) is 6.40. The molecular weight excluding hydrogens is 550 g/mol. The number of carbonyl (C=O) groups excluding carboxylic acids is 2. The molecule has 3 atom stereocenters. The van der Waals surface area contributed by atoms with E-state index in [1.54, 1.807) is 6.33 Å². The molecule has 0 bridgehead atoms. The highest BCUT2D eigenvalue weighted by Gasteiger charge is 2.43. The molecule has 8 nitrogen and oxygen atoms in total. The first-order chi connectivity index (χ1) is 21.4. The fourth-order valence-electron chi connectivity index (χ4n) is 7.07. The number of benzene rings is 3. The maximum Gasteiger partial charge on any atom is 0.405 e. The molecular formula is C36H41N5O3. The van der Waals surface area contributed by atoms with Gasteiger partial charge in [-0.1, -0.05) is 97.4 Å². The molecule has 3 aromatic carbocycles. The quantitative estimate of drug-likeness (QED) is 0.268. The SMILES string of the molecule is C[C@]1(OC(N)=O)CCCC[C@@H]1n1cnc(C(=O)N2CCN(Cc3ccccc3)C[C@H]2Cc2ccccc2)c1-c1ccccc1. The third-order valence-corrected chi connectivity index (χ3v) is 9.21. The maximum absolute atomic E-state index is 14.6. The van der Waals surface area contributed by atoms with Gasteiger partial charge in [0.15, 0.2) is 5.69 Å². The van der Waals surface area contributed by atoms with E-state index in [1.807, 2.05) is 54.3 Å². The second kappa shape index (κ2) is 13.1. The predicted octanol–water partition coefficient (Wildman–Crippen LogP) is 6.09. The van der Waals surface area contributed by atoms with Crippen LogP contribution in [0.5, 0.6) is 0 Å². The van der Waals surface area contributed by atoms with E-state index in [2.05, 4.69) is 58.0 Å². The molecule has 1 saturated carbocycles. The number of rotatable bonds is 8. The molecule has 2 aliphatic rings. The summed E-state index contributed by atoms with van der Waals surface area (Å²) >= 11 is 0. The van der Waals surface area contributed by atoms with E-state index in [0.717, 1.165) is 56.6 Å². The number of piperazine rings is 1. The van der Waals surface area contributed by atoms with Crippen molar-refractivity contribution in [3.63, 3.8) is 0 Å². The van der Waals surface area contributed by atoms with E-state index in [1.165, 1.54) is 11.1 Å². The minimum absolute atomic E-state index is 0.0192. The molecule has 2 amide bonds. The molecule has 1 saturated heterocycles. The predicted molar refractivity (Wildman–Crippen MR) is 171 cm³/mol. The summed E-state index contributed by atoms with van der Waals surface area (Å²) in [6, 6.07) is 30.6. The summed E-state index contributed by atoms with van der Waals surface area (Å²) in [4.78, 5) is 35.8. The monoisotopic (exact) mass is 591 g/mol. The fourth-order valence-corrected chi connectivity index (χ4v) is 7.07. The minimum atomic E-state index is -0.798. The molecule has 8 heteroatoms. The second-order valence-electron chi connectivity index (χ2n) is 12.3. The van der Waals surface area contributed by atoms with E-state index in [4.69, 9.17) is 15.5 Å². The maximum atomic E-state index is 14.6. The van der Waals surface area contributed by atoms with Gasteiger partial charge in [0.2, 0.25) is 0 Å². The molecule has 0 radical (unpaired) electrons. The van der Waals surface area contributed by atoms with Crippen LogP contribution in [0.4, 0.5) is 4.79 Å². The molecule has 6 rings (SSSR count). The van der Waals surface area contributed by atoms with Crippen LogP contribution in [0.1, 0.15) is 60.3 Å². The van der Waals surface area contributed by atoms with E-state index >= 15 is 0 Å². The molecule has 1 aliphatic heterocycles. The zero-order chi connectivity index (χ0) is 30.5. The summed E-state index contributed by atoms with van der Waals surface area (Å²) in [5.74, 6) is -0.0729. The Hall–Kier alpha value is -4.43. The van der Waals surface area contributed by atoms with Crippen molar-refractivity contribution in [1.82, 2.24) is 19.4 Å². The molecule has 0 spiro atoms.